The highest BCUT2D eigenvalue weighted by molar-refractivity contribution is 7.99. The summed E-state index contributed by atoms with van der Waals surface area (Å²) in [5.41, 5.74) is 5.68. The van der Waals surface area contributed by atoms with Crippen molar-refractivity contribution in [3.8, 4) is 0 Å². The lowest BCUT2D eigenvalue weighted by Crippen LogP contribution is -2.20. The third kappa shape index (κ3) is 5.42. The van der Waals surface area contributed by atoms with Crippen LogP contribution in [0.5, 0.6) is 0 Å². The number of carboxylic acids is 1. The molecule has 0 saturated carbocycles. The Morgan fingerprint density at radius 3 is 2.61 bits per heavy atom. The fourth-order valence-corrected chi connectivity index (χ4v) is 4.26. The van der Waals surface area contributed by atoms with E-state index in [4.69, 9.17) is 11.6 Å². The van der Waals surface area contributed by atoms with Gasteiger partial charge in [-0.05, 0) is 29.8 Å². The molecule has 4 aromatic rings. The minimum atomic E-state index is -1.06. The van der Waals surface area contributed by atoms with Crippen LogP contribution in [0.4, 0.5) is 0 Å². The number of carbonyl (C=O) groups excluding carboxylic acids is 1. The van der Waals surface area contributed by atoms with Crippen LogP contribution < -0.4 is 5.43 Å². The summed E-state index contributed by atoms with van der Waals surface area (Å²) >= 11 is 7.64. The highest BCUT2D eigenvalue weighted by Crippen LogP contribution is 2.27. The zero-order valence-electron chi connectivity index (χ0n) is 17.3. The normalized spacial score (nSPS) is 11.2. The maximum Gasteiger partial charge on any atom is 0.336 e. The Bertz CT molecular complexity index is 1350. The predicted molar refractivity (Wildman–Crippen MR) is 130 cm³/mol. The second-order valence-corrected chi connectivity index (χ2v) is 8.38. The third-order valence-electron chi connectivity index (χ3n) is 4.82. The van der Waals surface area contributed by atoms with Gasteiger partial charge in [-0.25, -0.2) is 15.2 Å². The fraction of sp³-hybridized carbons (Fsp3) is 0.0833. The molecule has 7 nitrogen and oxygen atoms in total. The first-order valence-electron chi connectivity index (χ1n) is 9.98. The highest BCUT2D eigenvalue weighted by atomic mass is 35.5. The Hall–Kier alpha value is -3.62. The van der Waals surface area contributed by atoms with E-state index in [1.807, 2.05) is 53.1 Å². The topological polar surface area (TPSA) is 96.6 Å². The van der Waals surface area contributed by atoms with Crippen LogP contribution in [0.3, 0.4) is 0 Å². The second kappa shape index (κ2) is 10.3. The number of carbonyl (C=O) groups is 2. The lowest BCUT2D eigenvalue weighted by atomic mass is 10.1. The van der Waals surface area contributed by atoms with Gasteiger partial charge in [-0.3, -0.25) is 4.79 Å². The number of thioether (sulfide) groups is 1. The van der Waals surface area contributed by atoms with E-state index in [9.17, 15) is 14.7 Å². The molecule has 2 N–H and O–H groups in total. The summed E-state index contributed by atoms with van der Waals surface area (Å²) in [5.74, 6) is -1.30. The van der Waals surface area contributed by atoms with Crippen molar-refractivity contribution < 1.29 is 14.7 Å². The van der Waals surface area contributed by atoms with Crippen molar-refractivity contribution >= 4 is 52.5 Å². The Morgan fingerprint density at radius 1 is 1.06 bits per heavy atom. The molecule has 1 aromatic heterocycles. The van der Waals surface area contributed by atoms with Crippen LogP contribution in [0.25, 0.3) is 11.0 Å². The number of nitrogens with one attached hydrogen (secondary N) is 1. The molecule has 0 aliphatic carbocycles. The molecule has 4 rings (SSSR count). The largest absolute Gasteiger partial charge is 0.478 e. The lowest BCUT2D eigenvalue weighted by Gasteiger charge is -2.10. The molecule has 9 heteroatoms. The maximum absolute atomic E-state index is 12.3. The minimum absolute atomic E-state index is 0.0871. The summed E-state index contributed by atoms with van der Waals surface area (Å²) in [5, 5.41) is 14.5. The van der Waals surface area contributed by atoms with Crippen LogP contribution in [0.1, 0.15) is 21.5 Å². The van der Waals surface area contributed by atoms with Crippen LogP contribution in [-0.4, -0.2) is 38.5 Å². The van der Waals surface area contributed by atoms with E-state index < -0.39 is 5.97 Å². The number of nitrogens with zero attached hydrogens (tertiary/aromatic N) is 3. The molecule has 166 valence electrons. The van der Waals surface area contributed by atoms with Gasteiger partial charge in [-0.1, -0.05) is 71.9 Å². The molecule has 0 atom stereocenters. The fourth-order valence-electron chi connectivity index (χ4n) is 3.25. The van der Waals surface area contributed by atoms with Crippen molar-refractivity contribution in [2.75, 3.05) is 5.75 Å². The number of fused-ring (bicyclic) bond motifs is 1. The van der Waals surface area contributed by atoms with Gasteiger partial charge < -0.3 is 9.67 Å². The van der Waals surface area contributed by atoms with Gasteiger partial charge in [-0.15, -0.1) is 0 Å². The van der Waals surface area contributed by atoms with Crippen molar-refractivity contribution in [1.29, 1.82) is 0 Å². The number of hydrogen-bond acceptors (Lipinski definition) is 5. The molecule has 1 amide bonds. The maximum atomic E-state index is 12.3. The number of amides is 1. The first-order valence-corrected chi connectivity index (χ1v) is 11.3. The van der Waals surface area contributed by atoms with E-state index in [-0.39, 0.29) is 17.2 Å². The first kappa shape index (κ1) is 22.6. The van der Waals surface area contributed by atoms with Gasteiger partial charge in [0.1, 0.15) is 0 Å². The van der Waals surface area contributed by atoms with E-state index in [0.29, 0.717) is 22.3 Å². The Morgan fingerprint density at radius 2 is 1.79 bits per heavy atom. The number of imidazole rings is 1. The van der Waals surface area contributed by atoms with Crippen molar-refractivity contribution in [3.05, 3.63) is 94.5 Å². The number of rotatable bonds is 8. The quantitative estimate of drug-likeness (QED) is 0.218. The van der Waals surface area contributed by atoms with Crippen LogP contribution >= 0.6 is 23.4 Å². The standard InChI is InChI=1S/C24H19ClN4O3S/c25-19-10-4-2-8-17(19)14-29-21-12-6-5-11-20(21)27-24(29)33-15-22(30)28-26-13-16-7-1-3-9-18(16)23(31)32/h1-13H,14-15H2,(H,28,30)(H,31,32)/b26-13-. The molecule has 0 aliphatic heterocycles. The zero-order chi connectivity index (χ0) is 23.2. The van der Waals surface area contributed by atoms with Crippen LogP contribution in [0.15, 0.2) is 83.1 Å². The molecule has 0 unspecified atom stereocenters. The van der Waals surface area contributed by atoms with Crippen molar-refractivity contribution in [3.63, 3.8) is 0 Å². The molecule has 0 spiro atoms. The van der Waals surface area contributed by atoms with Crippen LogP contribution in [-0.2, 0) is 11.3 Å². The Kier molecular flexibility index (Phi) is 7.07. The average molecular weight is 479 g/mol. The number of halogens is 1. The third-order valence-corrected chi connectivity index (χ3v) is 6.17. The smallest absolute Gasteiger partial charge is 0.336 e. The molecule has 33 heavy (non-hydrogen) atoms. The summed E-state index contributed by atoms with van der Waals surface area (Å²) in [4.78, 5) is 28.3. The zero-order valence-corrected chi connectivity index (χ0v) is 18.9. The van der Waals surface area contributed by atoms with Crippen molar-refractivity contribution in [1.82, 2.24) is 15.0 Å². The van der Waals surface area contributed by atoms with Gasteiger partial charge in [0.05, 0.1) is 35.1 Å². The highest BCUT2D eigenvalue weighted by Gasteiger charge is 2.14. The van der Waals surface area contributed by atoms with E-state index in [2.05, 4.69) is 15.5 Å². The molecule has 0 aliphatic rings. The SMILES string of the molecule is O=C(CSc1nc2ccccc2n1Cc1ccccc1Cl)N/N=C\c1ccccc1C(=O)O. The number of hydrogen-bond donors (Lipinski definition) is 2. The van der Waals surface area contributed by atoms with Crippen molar-refractivity contribution in [2.24, 2.45) is 5.10 Å². The molecule has 0 saturated heterocycles. The minimum Gasteiger partial charge on any atom is -0.478 e. The van der Waals surface area contributed by atoms with Gasteiger partial charge in [0.15, 0.2) is 5.16 Å². The summed E-state index contributed by atoms with van der Waals surface area (Å²) < 4.78 is 2.03. The lowest BCUT2D eigenvalue weighted by molar-refractivity contribution is -0.118. The predicted octanol–water partition coefficient (Wildman–Crippen LogP) is 4.68. The van der Waals surface area contributed by atoms with Gasteiger partial charge in [-0.2, -0.15) is 5.10 Å². The van der Waals surface area contributed by atoms with Crippen LogP contribution in [0, 0.1) is 0 Å². The number of aromatic nitrogens is 2. The Labute approximate surface area is 199 Å². The summed E-state index contributed by atoms with van der Waals surface area (Å²) in [7, 11) is 0. The van der Waals surface area contributed by atoms with E-state index in [1.165, 1.54) is 24.0 Å². The number of para-hydroxylation sites is 2. The monoisotopic (exact) mass is 478 g/mol. The van der Waals surface area contributed by atoms with Gasteiger partial charge >= 0.3 is 5.97 Å². The number of benzene rings is 3. The van der Waals surface area contributed by atoms with E-state index >= 15 is 0 Å². The second-order valence-electron chi connectivity index (χ2n) is 7.03. The van der Waals surface area contributed by atoms with Crippen LogP contribution in [0.2, 0.25) is 5.02 Å². The number of aromatic carboxylic acids is 1. The molecule has 3 aromatic carbocycles. The molecule has 0 fully saturated rings. The first-order chi connectivity index (χ1) is 16.0. The number of hydrazone groups is 1. The van der Waals surface area contributed by atoms with E-state index in [1.54, 1.807) is 18.2 Å². The van der Waals surface area contributed by atoms with Gasteiger partial charge in [0, 0.05) is 10.6 Å². The molecular weight excluding hydrogens is 460 g/mol. The molecule has 0 radical (unpaired) electrons. The average Bonchev–Trinajstić information content (AvgIpc) is 3.17. The summed E-state index contributed by atoms with van der Waals surface area (Å²) in [6.07, 6.45) is 1.32. The Balaban J connectivity index is 1.46. The summed E-state index contributed by atoms with van der Waals surface area (Å²) in [6, 6.07) is 21.8. The van der Waals surface area contributed by atoms with E-state index in [0.717, 1.165) is 16.6 Å². The molecule has 1 heterocycles. The molecule has 0 bridgehead atoms. The van der Waals surface area contributed by atoms with Gasteiger partial charge in [0.25, 0.3) is 5.91 Å². The number of carboxylic acid groups (broad SMARTS) is 1. The van der Waals surface area contributed by atoms with Crippen molar-refractivity contribution in [2.45, 2.75) is 11.7 Å². The molecular formula is C24H19ClN4O3S. The van der Waals surface area contributed by atoms with Gasteiger partial charge in [0.2, 0.25) is 0 Å². The summed E-state index contributed by atoms with van der Waals surface area (Å²) in [6.45, 7) is 0.522.